The molecular weight excluding hydrogens is 318 g/mol. The number of hydrogen-bond donors (Lipinski definition) is 1. The highest BCUT2D eigenvalue weighted by Gasteiger charge is 2.27. The first-order valence-electron chi connectivity index (χ1n) is 5.70. The molecule has 0 aliphatic heterocycles. The number of benzene rings is 1. The topological polar surface area (TPSA) is 44.5 Å². The molecule has 20 heavy (non-hydrogen) atoms. The van der Waals surface area contributed by atoms with Gasteiger partial charge in [-0.05, 0) is 31.0 Å². The molecule has 0 aromatic heterocycles. The van der Waals surface area contributed by atoms with Gasteiger partial charge in [-0.25, -0.2) is 0 Å². The number of nitrogens with two attached hydrogens (primary N) is 1. The summed E-state index contributed by atoms with van der Waals surface area (Å²) in [7, 11) is 0. The third-order valence-electron chi connectivity index (χ3n) is 2.18. The predicted octanol–water partition coefficient (Wildman–Crippen LogP) is 3.80. The molecule has 1 aromatic rings. The van der Waals surface area contributed by atoms with Crippen molar-refractivity contribution in [1.82, 2.24) is 0 Å². The molecule has 0 radical (unpaired) electrons. The molecule has 8 heteroatoms. The number of rotatable bonds is 6. The minimum Gasteiger partial charge on any atom is -0.466 e. The smallest absolute Gasteiger partial charge is 0.411 e. The molecule has 0 aliphatic rings. The fraction of sp³-hybridized carbons (Fsp3) is 0.500. The van der Waals surface area contributed by atoms with Gasteiger partial charge in [-0.15, -0.1) is 0 Å². The molecule has 1 atom stereocenters. The van der Waals surface area contributed by atoms with E-state index in [1.54, 1.807) is 13.0 Å². The lowest BCUT2D eigenvalue weighted by Crippen LogP contribution is -2.20. The highest BCUT2D eigenvalue weighted by Crippen LogP contribution is 2.33. The van der Waals surface area contributed by atoms with Crippen LogP contribution in [0.3, 0.4) is 0 Å². The summed E-state index contributed by atoms with van der Waals surface area (Å²) in [6.45, 7) is -0.174. The molecule has 0 fully saturated rings. The Morgan fingerprint density at radius 2 is 1.95 bits per heavy atom. The summed E-state index contributed by atoms with van der Waals surface area (Å²) < 4.78 is 45.3. The van der Waals surface area contributed by atoms with E-state index in [1.807, 2.05) is 0 Å². The molecule has 0 saturated carbocycles. The van der Waals surface area contributed by atoms with Crippen molar-refractivity contribution in [3.05, 3.63) is 27.7 Å². The zero-order valence-electron chi connectivity index (χ0n) is 10.6. The van der Waals surface area contributed by atoms with Gasteiger partial charge >= 0.3 is 6.18 Å². The maximum absolute atomic E-state index is 11.9. The van der Waals surface area contributed by atoms with E-state index in [1.165, 1.54) is 6.07 Å². The molecule has 0 aliphatic carbocycles. The molecule has 0 saturated heterocycles. The maximum atomic E-state index is 11.9. The van der Waals surface area contributed by atoms with Crippen molar-refractivity contribution in [2.75, 3.05) is 13.4 Å². The summed E-state index contributed by atoms with van der Waals surface area (Å²) in [4.78, 5) is 0. The van der Waals surface area contributed by atoms with Gasteiger partial charge in [-0.3, -0.25) is 0 Å². The van der Waals surface area contributed by atoms with Crippen LogP contribution in [-0.4, -0.2) is 25.6 Å². The van der Waals surface area contributed by atoms with Crippen LogP contribution in [0.25, 0.3) is 0 Å². The summed E-state index contributed by atoms with van der Waals surface area (Å²) in [5.74, 6) is 0.232. The normalized spacial score (nSPS) is 13.3. The second-order valence-electron chi connectivity index (χ2n) is 4.28. The van der Waals surface area contributed by atoms with Crippen LogP contribution < -0.4 is 10.5 Å². The third-order valence-corrected chi connectivity index (χ3v) is 2.68. The number of hydrogen-bond acceptors (Lipinski definition) is 3. The molecule has 1 unspecified atom stereocenters. The van der Waals surface area contributed by atoms with Crippen LogP contribution in [0.15, 0.2) is 12.1 Å². The second kappa shape index (κ2) is 7.36. The predicted molar refractivity (Wildman–Crippen MR) is 71.3 cm³/mol. The lowest BCUT2D eigenvalue weighted by atomic mass is 10.1. The molecule has 1 rings (SSSR count). The van der Waals surface area contributed by atoms with Gasteiger partial charge in [0.25, 0.3) is 0 Å². The fourth-order valence-corrected chi connectivity index (χ4v) is 2.12. The first-order valence-corrected chi connectivity index (χ1v) is 6.45. The van der Waals surface area contributed by atoms with Gasteiger partial charge < -0.3 is 15.2 Å². The lowest BCUT2D eigenvalue weighted by molar-refractivity contribution is -0.186. The highest BCUT2D eigenvalue weighted by molar-refractivity contribution is 6.35. The second-order valence-corrected chi connectivity index (χ2v) is 5.13. The summed E-state index contributed by atoms with van der Waals surface area (Å²) in [5, 5.41) is 0.595. The van der Waals surface area contributed by atoms with Crippen LogP contribution in [0, 0.1) is 0 Å². The van der Waals surface area contributed by atoms with E-state index in [0.717, 1.165) is 0 Å². The van der Waals surface area contributed by atoms with Crippen molar-refractivity contribution < 1.29 is 22.6 Å². The Morgan fingerprint density at radius 1 is 1.30 bits per heavy atom. The fourth-order valence-electron chi connectivity index (χ4n) is 1.53. The van der Waals surface area contributed by atoms with Gasteiger partial charge in [-0.2, -0.15) is 13.2 Å². The van der Waals surface area contributed by atoms with Crippen LogP contribution >= 0.6 is 23.2 Å². The van der Waals surface area contributed by atoms with Crippen LogP contribution in [0.5, 0.6) is 5.75 Å². The molecule has 0 amide bonds. The van der Waals surface area contributed by atoms with Crippen molar-refractivity contribution in [3.8, 4) is 5.75 Å². The van der Waals surface area contributed by atoms with Gasteiger partial charge in [0, 0.05) is 11.1 Å². The first kappa shape index (κ1) is 17.4. The average Bonchev–Trinajstić information content (AvgIpc) is 2.24. The Balaban J connectivity index is 2.72. The van der Waals surface area contributed by atoms with E-state index in [9.17, 15) is 13.2 Å². The summed E-state index contributed by atoms with van der Waals surface area (Å²) in [5.41, 5.74) is 6.30. The standard InChI is InChI=1S/C12H14Cl2F3NO2/c1-7(18)2-8-3-9(13)4-10(14)11(8)20-6-19-5-12(15,16)17/h3-4,7H,2,5-6,18H2,1H3. The summed E-state index contributed by atoms with van der Waals surface area (Å²) in [6.07, 6.45) is -3.98. The number of ether oxygens (including phenoxy) is 2. The van der Waals surface area contributed by atoms with E-state index >= 15 is 0 Å². The van der Waals surface area contributed by atoms with Crippen molar-refractivity contribution in [2.45, 2.75) is 25.6 Å². The molecule has 0 bridgehead atoms. The molecule has 0 heterocycles. The molecule has 3 nitrogen and oxygen atoms in total. The molecule has 1 aromatic carbocycles. The minimum atomic E-state index is -4.40. The van der Waals surface area contributed by atoms with Crippen LogP contribution in [0.2, 0.25) is 10.0 Å². The SMILES string of the molecule is CC(N)Cc1cc(Cl)cc(Cl)c1OCOCC(F)(F)F. The summed E-state index contributed by atoms with van der Waals surface area (Å²) >= 11 is 11.8. The van der Waals surface area contributed by atoms with E-state index in [2.05, 4.69) is 4.74 Å². The Bertz CT molecular complexity index is 453. The quantitative estimate of drug-likeness (QED) is 0.637. The van der Waals surface area contributed by atoms with Crippen molar-refractivity contribution in [2.24, 2.45) is 5.73 Å². The number of halogens is 5. The van der Waals surface area contributed by atoms with Gasteiger partial charge in [0.15, 0.2) is 6.79 Å². The van der Waals surface area contributed by atoms with Crippen molar-refractivity contribution in [3.63, 3.8) is 0 Å². The zero-order chi connectivity index (χ0) is 15.3. The maximum Gasteiger partial charge on any atom is 0.411 e. The molecule has 114 valence electrons. The van der Waals surface area contributed by atoms with E-state index in [0.29, 0.717) is 17.0 Å². The van der Waals surface area contributed by atoms with Crippen LogP contribution in [0.4, 0.5) is 13.2 Å². The molecular formula is C12H14Cl2F3NO2. The van der Waals surface area contributed by atoms with Gasteiger partial charge in [-0.1, -0.05) is 23.2 Å². The summed E-state index contributed by atoms with van der Waals surface area (Å²) in [6, 6.07) is 2.87. The Kier molecular flexibility index (Phi) is 6.39. The van der Waals surface area contributed by atoms with Crippen LogP contribution in [0.1, 0.15) is 12.5 Å². The van der Waals surface area contributed by atoms with E-state index in [4.69, 9.17) is 33.7 Å². The van der Waals surface area contributed by atoms with E-state index < -0.39 is 19.6 Å². The van der Waals surface area contributed by atoms with Gasteiger partial charge in [0.05, 0.1) is 5.02 Å². The average molecular weight is 332 g/mol. The third kappa shape index (κ3) is 6.17. The largest absolute Gasteiger partial charge is 0.466 e. The lowest BCUT2D eigenvalue weighted by Gasteiger charge is -2.15. The highest BCUT2D eigenvalue weighted by atomic mass is 35.5. The van der Waals surface area contributed by atoms with Crippen LogP contribution in [-0.2, 0) is 11.2 Å². The number of alkyl halides is 3. The monoisotopic (exact) mass is 331 g/mol. The van der Waals surface area contributed by atoms with Gasteiger partial charge in [0.1, 0.15) is 12.4 Å². The van der Waals surface area contributed by atoms with Crippen molar-refractivity contribution in [1.29, 1.82) is 0 Å². The first-order chi connectivity index (χ1) is 9.19. The van der Waals surface area contributed by atoms with Gasteiger partial charge in [0.2, 0.25) is 0 Å². The minimum absolute atomic E-state index is 0.178. The van der Waals surface area contributed by atoms with Crippen molar-refractivity contribution >= 4 is 23.2 Å². The van der Waals surface area contributed by atoms with E-state index in [-0.39, 0.29) is 16.8 Å². The Labute approximate surface area is 124 Å². The Hall–Kier alpha value is -0.690. The Morgan fingerprint density at radius 3 is 2.50 bits per heavy atom. The zero-order valence-corrected chi connectivity index (χ0v) is 12.1. The molecule has 0 spiro atoms. The molecule has 2 N–H and O–H groups in total.